The van der Waals surface area contributed by atoms with Crippen molar-refractivity contribution in [2.24, 2.45) is 0 Å². The highest BCUT2D eigenvalue weighted by Gasteiger charge is 2.26. The monoisotopic (exact) mass is 768 g/mol. The van der Waals surface area contributed by atoms with Gasteiger partial charge in [0.1, 0.15) is 11.5 Å². The van der Waals surface area contributed by atoms with Gasteiger partial charge in [0.2, 0.25) is 0 Å². The number of rotatable bonds is 6. The van der Waals surface area contributed by atoms with Crippen LogP contribution in [0, 0.1) is 0 Å². The molecule has 0 spiro atoms. The van der Waals surface area contributed by atoms with Gasteiger partial charge in [0, 0.05) is 33.7 Å². The Morgan fingerprint density at radius 2 is 0.633 bits per heavy atom. The van der Waals surface area contributed by atoms with E-state index in [1.165, 1.54) is 21.5 Å². The number of hydrogen-bond donors (Lipinski definition) is 0. The van der Waals surface area contributed by atoms with Crippen LogP contribution in [0.2, 0.25) is 0 Å². The van der Waals surface area contributed by atoms with Crippen LogP contribution >= 0.6 is 0 Å². The van der Waals surface area contributed by atoms with E-state index in [1.807, 2.05) is 12.1 Å². The van der Waals surface area contributed by atoms with Crippen molar-refractivity contribution in [3.63, 3.8) is 0 Å². The van der Waals surface area contributed by atoms with Crippen molar-refractivity contribution in [3.05, 3.63) is 218 Å². The maximum absolute atomic E-state index is 7.17. The van der Waals surface area contributed by atoms with Crippen molar-refractivity contribution in [3.8, 4) is 23.0 Å². The number of fused-ring (bicyclic) bond motifs is 5. The van der Waals surface area contributed by atoms with E-state index in [0.717, 1.165) is 77.9 Å². The summed E-state index contributed by atoms with van der Waals surface area (Å²) in [6.07, 6.45) is 0. The molecule has 4 heteroatoms. The fourth-order valence-electron chi connectivity index (χ4n) is 9.10. The Balaban J connectivity index is 1.07. The zero-order chi connectivity index (χ0) is 39.6. The molecule has 0 unspecified atom stereocenters. The van der Waals surface area contributed by atoms with Gasteiger partial charge in [0.05, 0.1) is 39.5 Å². The molecular weight excluding hydrogens is 733 g/mol. The Morgan fingerprint density at radius 1 is 0.250 bits per heavy atom. The van der Waals surface area contributed by atoms with Crippen LogP contribution in [-0.4, -0.2) is 0 Å². The summed E-state index contributed by atoms with van der Waals surface area (Å²) in [7, 11) is 0. The molecule has 0 saturated heterocycles. The summed E-state index contributed by atoms with van der Waals surface area (Å²) in [4.78, 5) is 4.73. The Kier molecular flexibility index (Phi) is 7.82. The molecule has 1 aliphatic heterocycles. The van der Waals surface area contributed by atoms with Crippen molar-refractivity contribution in [1.82, 2.24) is 0 Å². The molecule has 0 saturated carbocycles. The van der Waals surface area contributed by atoms with Gasteiger partial charge in [-0.3, -0.25) is 0 Å². The van der Waals surface area contributed by atoms with Gasteiger partial charge in [0.25, 0.3) is 0 Å². The lowest BCUT2D eigenvalue weighted by Gasteiger charge is -2.29. The first-order chi connectivity index (χ1) is 29.7. The first-order valence-corrected chi connectivity index (χ1v) is 20.3. The Hall–Kier alpha value is -8.08. The number of benzene rings is 11. The van der Waals surface area contributed by atoms with Gasteiger partial charge in [-0.2, -0.15) is 0 Å². The summed E-state index contributed by atoms with van der Waals surface area (Å²) in [5.74, 6) is 2.76. The molecule has 0 fully saturated rings. The van der Waals surface area contributed by atoms with E-state index >= 15 is 0 Å². The van der Waals surface area contributed by atoms with E-state index in [0.29, 0.717) is 11.5 Å². The highest BCUT2D eigenvalue weighted by atomic mass is 16.5. The molecule has 60 heavy (non-hydrogen) atoms. The highest BCUT2D eigenvalue weighted by molar-refractivity contribution is 6.08. The predicted octanol–water partition coefficient (Wildman–Crippen LogP) is 16.3. The molecule has 0 N–H and O–H groups in total. The maximum Gasteiger partial charge on any atom is 0.172 e. The predicted molar refractivity (Wildman–Crippen MR) is 250 cm³/mol. The van der Waals surface area contributed by atoms with Gasteiger partial charge < -0.3 is 19.3 Å². The third kappa shape index (κ3) is 5.53. The number of ether oxygens (including phenoxy) is 2. The largest absolute Gasteiger partial charge is 0.453 e. The third-order valence-electron chi connectivity index (χ3n) is 11.8. The van der Waals surface area contributed by atoms with E-state index < -0.39 is 0 Å². The quantitative estimate of drug-likeness (QED) is 0.168. The van der Waals surface area contributed by atoms with Crippen LogP contribution < -0.4 is 19.3 Å². The minimum absolute atomic E-state index is 0.634. The zero-order valence-corrected chi connectivity index (χ0v) is 32.5. The van der Waals surface area contributed by atoms with Crippen molar-refractivity contribution < 1.29 is 9.47 Å². The van der Waals surface area contributed by atoms with E-state index in [4.69, 9.17) is 9.47 Å². The lowest BCUT2D eigenvalue weighted by Crippen LogP contribution is -2.11. The summed E-state index contributed by atoms with van der Waals surface area (Å²) in [5, 5.41) is 11.3. The van der Waals surface area contributed by atoms with E-state index in [-0.39, 0.29) is 0 Å². The van der Waals surface area contributed by atoms with Gasteiger partial charge >= 0.3 is 0 Å². The van der Waals surface area contributed by atoms with Crippen molar-refractivity contribution >= 4 is 88.0 Å². The van der Waals surface area contributed by atoms with Crippen molar-refractivity contribution in [2.75, 3.05) is 9.80 Å². The smallest absolute Gasteiger partial charge is 0.172 e. The average molecular weight is 769 g/mol. The molecule has 0 amide bonds. The second kappa shape index (κ2) is 13.8. The minimum Gasteiger partial charge on any atom is -0.453 e. The molecule has 0 aliphatic carbocycles. The fraction of sp³-hybridized carbons (Fsp3) is 0. The lowest BCUT2D eigenvalue weighted by atomic mass is 10.0. The average Bonchev–Trinajstić information content (AvgIpc) is 3.46. The van der Waals surface area contributed by atoms with Crippen LogP contribution in [0.4, 0.5) is 34.1 Å². The van der Waals surface area contributed by atoms with Crippen LogP contribution in [0.1, 0.15) is 0 Å². The van der Waals surface area contributed by atoms with Gasteiger partial charge in [0.15, 0.2) is 11.5 Å². The lowest BCUT2D eigenvalue weighted by molar-refractivity contribution is 0.439. The molecule has 0 bridgehead atoms. The first kappa shape index (κ1) is 34.0. The molecular formula is C56H36N2O2. The third-order valence-corrected chi connectivity index (χ3v) is 11.8. The maximum atomic E-state index is 7.17. The van der Waals surface area contributed by atoms with Crippen LogP contribution in [0.5, 0.6) is 23.0 Å². The van der Waals surface area contributed by atoms with Gasteiger partial charge in [-0.1, -0.05) is 158 Å². The van der Waals surface area contributed by atoms with Gasteiger partial charge in [-0.15, -0.1) is 0 Å². The normalized spacial score (nSPS) is 11.9. The van der Waals surface area contributed by atoms with E-state index in [9.17, 15) is 0 Å². The Morgan fingerprint density at radius 3 is 1.13 bits per heavy atom. The molecule has 0 atom stereocenters. The molecule has 4 nitrogen and oxygen atoms in total. The topological polar surface area (TPSA) is 24.9 Å². The molecule has 1 aliphatic rings. The minimum atomic E-state index is 0.634. The zero-order valence-electron chi connectivity index (χ0n) is 32.5. The Bertz CT molecular complexity index is 3300. The van der Waals surface area contributed by atoms with Crippen LogP contribution in [0.3, 0.4) is 0 Å². The van der Waals surface area contributed by atoms with E-state index in [1.54, 1.807) is 0 Å². The molecule has 11 aromatic rings. The SMILES string of the molecule is c1ccc2c(N(c3ccc4c(c3)Oc3cc(N(c5cccc6ccccc56)c5cccc6ccccc56)cc5cccc(c35)O4)c3cccc4ccccc34)cccc2c1. The van der Waals surface area contributed by atoms with E-state index in [2.05, 4.69) is 216 Å². The van der Waals surface area contributed by atoms with Crippen LogP contribution in [0.25, 0.3) is 53.9 Å². The summed E-state index contributed by atoms with van der Waals surface area (Å²) < 4.78 is 14.0. The standard InChI is InChI=1S/C56H36N2O2/c1-5-23-44-37(14-1)18-9-27-48(44)57(49-28-10-19-38-15-2-6-24-45(38)49)42-32-33-52-54(35-42)60-55-36-43(34-41-22-13-31-53(59-52)56(41)55)58(50-29-11-20-39-16-3-7-25-46(39)50)51-30-12-21-40-17-4-8-26-47(40)51/h1-36H. The van der Waals surface area contributed by atoms with Gasteiger partial charge in [-0.25, -0.2) is 0 Å². The van der Waals surface area contributed by atoms with Crippen LogP contribution in [-0.2, 0) is 0 Å². The summed E-state index contributed by atoms with van der Waals surface area (Å²) in [6, 6.07) is 77.4. The second-order valence-corrected chi connectivity index (χ2v) is 15.3. The van der Waals surface area contributed by atoms with Crippen molar-refractivity contribution in [1.29, 1.82) is 0 Å². The number of nitrogens with zero attached hydrogens (tertiary/aromatic N) is 2. The van der Waals surface area contributed by atoms with Crippen LogP contribution in [0.15, 0.2) is 218 Å². The molecule has 0 radical (unpaired) electrons. The fourth-order valence-corrected chi connectivity index (χ4v) is 9.10. The molecule has 1 heterocycles. The van der Waals surface area contributed by atoms with Gasteiger partial charge in [-0.05, 0) is 75.5 Å². The molecule has 11 aromatic carbocycles. The highest BCUT2D eigenvalue weighted by Crippen LogP contribution is 2.52. The number of hydrogen-bond acceptors (Lipinski definition) is 4. The second-order valence-electron chi connectivity index (χ2n) is 15.3. The summed E-state index contributed by atoms with van der Waals surface area (Å²) in [5.41, 5.74) is 6.26. The van der Waals surface area contributed by atoms with Crippen molar-refractivity contribution in [2.45, 2.75) is 0 Å². The summed E-state index contributed by atoms with van der Waals surface area (Å²) in [6.45, 7) is 0. The number of anilines is 6. The summed E-state index contributed by atoms with van der Waals surface area (Å²) >= 11 is 0. The first-order valence-electron chi connectivity index (χ1n) is 20.3. The molecule has 282 valence electrons. The molecule has 0 aromatic heterocycles. The Labute approximate surface area is 347 Å². The molecule has 12 rings (SSSR count).